The van der Waals surface area contributed by atoms with Crippen LogP contribution in [0.2, 0.25) is 0 Å². The van der Waals surface area contributed by atoms with Crippen LogP contribution in [-0.4, -0.2) is 11.6 Å². The largest absolute Gasteiger partial charge is 0.478 e. The minimum Gasteiger partial charge on any atom is -0.478 e. The van der Waals surface area contributed by atoms with Gasteiger partial charge < -0.3 is 4.74 Å². The number of rotatable bonds is 3. The van der Waals surface area contributed by atoms with Crippen LogP contribution in [0.4, 0.5) is 0 Å². The Bertz CT molecular complexity index is 245. The molecule has 0 amide bonds. The molecule has 1 aromatic rings. The van der Waals surface area contributed by atoms with Crippen molar-refractivity contribution in [2.75, 3.05) is 6.61 Å². The molecule has 2 nitrogen and oxygen atoms in total. The van der Waals surface area contributed by atoms with Crippen molar-refractivity contribution < 1.29 is 4.74 Å². The summed E-state index contributed by atoms with van der Waals surface area (Å²) < 4.78 is 5.29. The van der Waals surface area contributed by atoms with Gasteiger partial charge in [-0.1, -0.05) is 13.8 Å². The third kappa shape index (κ3) is 2.22. The van der Waals surface area contributed by atoms with Gasteiger partial charge in [0.25, 0.3) is 0 Å². The average Bonchev–Trinajstić information content (AvgIpc) is 2.05. The van der Waals surface area contributed by atoms with Crippen LogP contribution in [0.5, 0.6) is 5.88 Å². The monoisotopic (exact) mass is 165 g/mol. The van der Waals surface area contributed by atoms with Crippen molar-refractivity contribution in [3.05, 3.63) is 23.9 Å². The van der Waals surface area contributed by atoms with E-state index >= 15 is 0 Å². The van der Waals surface area contributed by atoms with Gasteiger partial charge in [-0.15, -0.1) is 0 Å². The number of hydrogen-bond donors (Lipinski definition) is 0. The molecule has 0 aliphatic carbocycles. The summed E-state index contributed by atoms with van der Waals surface area (Å²) in [5.41, 5.74) is 1.27. The highest BCUT2D eigenvalue weighted by atomic mass is 16.5. The van der Waals surface area contributed by atoms with E-state index in [0.717, 1.165) is 5.88 Å². The van der Waals surface area contributed by atoms with E-state index in [2.05, 4.69) is 18.8 Å². The van der Waals surface area contributed by atoms with E-state index in [1.165, 1.54) is 5.56 Å². The Balaban J connectivity index is 2.81. The van der Waals surface area contributed by atoms with Gasteiger partial charge in [0.1, 0.15) is 0 Å². The number of nitrogens with zero attached hydrogens (tertiary/aromatic N) is 1. The Morgan fingerprint density at radius 1 is 1.50 bits per heavy atom. The average molecular weight is 165 g/mol. The van der Waals surface area contributed by atoms with E-state index in [9.17, 15) is 0 Å². The highest BCUT2D eigenvalue weighted by Crippen LogP contribution is 2.17. The first-order valence-corrected chi connectivity index (χ1v) is 4.32. The molecule has 0 radical (unpaired) electrons. The van der Waals surface area contributed by atoms with Crippen LogP contribution in [0.3, 0.4) is 0 Å². The van der Waals surface area contributed by atoms with E-state index in [-0.39, 0.29) is 0 Å². The van der Waals surface area contributed by atoms with Crippen LogP contribution in [0.15, 0.2) is 18.3 Å². The third-order valence-electron chi connectivity index (χ3n) is 1.72. The smallest absolute Gasteiger partial charge is 0.213 e. The molecule has 1 aromatic heterocycles. The Kier molecular flexibility index (Phi) is 3.09. The molecule has 0 bridgehead atoms. The zero-order chi connectivity index (χ0) is 8.97. The molecular formula is C10H15NO. The molecule has 0 aliphatic heterocycles. The fourth-order valence-electron chi connectivity index (χ4n) is 1.01. The predicted molar refractivity (Wildman–Crippen MR) is 49.5 cm³/mol. The molecule has 0 saturated heterocycles. The minimum atomic E-state index is 0.534. The third-order valence-corrected chi connectivity index (χ3v) is 1.72. The fourth-order valence-corrected chi connectivity index (χ4v) is 1.01. The van der Waals surface area contributed by atoms with Gasteiger partial charge in [0, 0.05) is 12.3 Å². The van der Waals surface area contributed by atoms with E-state index in [1.54, 1.807) is 6.20 Å². The summed E-state index contributed by atoms with van der Waals surface area (Å²) in [5, 5.41) is 0. The molecule has 1 heterocycles. The molecule has 0 spiro atoms. The summed E-state index contributed by atoms with van der Waals surface area (Å²) in [7, 11) is 0. The Morgan fingerprint density at radius 3 is 2.83 bits per heavy atom. The quantitative estimate of drug-likeness (QED) is 0.686. The second kappa shape index (κ2) is 4.10. The Morgan fingerprint density at radius 2 is 2.25 bits per heavy atom. The maximum Gasteiger partial charge on any atom is 0.213 e. The first kappa shape index (κ1) is 9.04. The maximum absolute atomic E-state index is 5.29. The van der Waals surface area contributed by atoms with Crippen LogP contribution in [-0.2, 0) is 0 Å². The lowest BCUT2D eigenvalue weighted by atomic mass is 10.1. The van der Waals surface area contributed by atoms with Gasteiger partial charge in [0.05, 0.1) is 6.61 Å². The normalized spacial score (nSPS) is 10.3. The molecule has 0 aromatic carbocycles. The van der Waals surface area contributed by atoms with Crippen molar-refractivity contribution in [2.24, 2.45) is 0 Å². The molecule has 0 unspecified atom stereocenters. The van der Waals surface area contributed by atoms with Gasteiger partial charge in [-0.05, 0) is 24.5 Å². The predicted octanol–water partition coefficient (Wildman–Crippen LogP) is 2.60. The van der Waals surface area contributed by atoms with Crippen LogP contribution in [0, 0.1) is 0 Å². The lowest BCUT2D eigenvalue weighted by Crippen LogP contribution is -1.96. The van der Waals surface area contributed by atoms with Crippen LogP contribution < -0.4 is 4.74 Å². The summed E-state index contributed by atoms with van der Waals surface area (Å²) in [4.78, 5) is 4.09. The number of hydrogen-bond acceptors (Lipinski definition) is 2. The van der Waals surface area contributed by atoms with Gasteiger partial charge in [-0.25, -0.2) is 4.98 Å². The Labute approximate surface area is 73.6 Å². The number of aromatic nitrogens is 1. The van der Waals surface area contributed by atoms with E-state index in [0.29, 0.717) is 12.5 Å². The summed E-state index contributed by atoms with van der Waals surface area (Å²) in [5.74, 6) is 1.26. The summed E-state index contributed by atoms with van der Waals surface area (Å²) in [6.45, 7) is 6.95. The first-order valence-electron chi connectivity index (χ1n) is 4.32. The van der Waals surface area contributed by atoms with Crippen molar-refractivity contribution in [3.8, 4) is 5.88 Å². The summed E-state index contributed by atoms with van der Waals surface area (Å²) in [6.07, 6.45) is 1.79. The molecule has 0 N–H and O–H groups in total. The number of pyridine rings is 1. The first-order chi connectivity index (χ1) is 5.74. The summed E-state index contributed by atoms with van der Waals surface area (Å²) in [6, 6.07) is 4.02. The van der Waals surface area contributed by atoms with E-state index in [4.69, 9.17) is 4.74 Å². The second-order valence-electron chi connectivity index (χ2n) is 3.02. The molecule has 66 valence electrons. The van der Waals surface area contributed by atoms with Crippen molar-refractivity contribution in [3.63, 3.8) is 0 Å². The molecular weight excluding hydrogens is 150 g/mol. The molecule has 1 rings (SSSR count). The highest BCUT2D eigenvalue weighted by molar-refractivity contribution is 5.22. The standard InChI is InChI=1S/C10H15NO/c1-4-12-10-7-9(8(2)3)5-6-11-10/h5-8H,4H2,1-3H3. The molecule has 0 atom stereocenters. The van der Waals surface area contributed by atoms with Crippen LogP contribution in [0.1, 0.15) is 32.3 Å². The molecule has 0 saturated carbocycles. The SMILES string of the molecule is CCOc1cc(C(C)C)ccn1. The van der Waals surface area contributed by atoms with E-state index < -0.39 is 0 Å². The fraction of sp³-hybridized carbons (Fsp3) is 0.500. The minimum absolute atomic E-state index is 0.534. The maximum atomic E-state index is 5.29. The molecule has 0 fully saturated rings. The van der Waals surface area contributed by atoms with Crippen molar-refractivity contribution in [1.82, 2.24) is 4.98 Å². The Hall–Kier alpha value is -1.05. The van der Waals surface area contributed by atoms with Crippen molar-refractivity contribution >= 4 is 0 Å². The van der Waals surface area contributed by atoms with Crippen LogP contribution in [0.25, 0.3) is 0 Å². The van der Waals surface area contributed by atoms with Gasteiger partial charge in [-0.3, -0.25) is 0 Å². The van der Waals surface area contributed by atoms with Crippen LogP contribution >= 0.6 is 0 Å². The zero-order valence-electron chi connectivity index (χ0n) is 7.87. The van der Waals surface area contributed by atoms with Crippen molar-refractivity contribution in [2.45, 2.75) is 26.7 Å². The van der Waals surface area contributed by atoms with E-state index in [1.807, 2.05) is 19.1 Å². The second-order valence-corrected chi connectivity index (χ2v) is 3.02. The zero-order valence-corrected chi connectivity index (χ0v) is 7.87. The van der Waals surface area contributed by atoms with Crippen molar-refractivity contribution in [1.29, 1.82) is 0 Å². The topological polar surface area (TPSA) is 22.1 Å². The molecule has 2 heteroatoms. The highest BCUT2D eigenvalue weighted by Gasteiger charge is 2.00. The van der Waals surface area contributed by atoms with Gasteiger partial charge in [0.15, 0.2) is 0 Å². The van der Waals surface area contributed by atoms with Gasteiger partial charge in [-0.2, -0.15) is 0 Å². The lowest BCUT2D eigenvalue weighted by Gasteiger charge is -2.06. The van der Waals surface area contributed by atoms with Gasteiger partial charge in [0.2, 0.25) is 5.88 Å². The number of ether oxygens (including phenoxy) is 1. The molecule has 12 heavy (non-hydrogen) atoms. The summed E-state index contributed by atoms with van der Waals surface area (Å²) >= 11 is 0. The van der Waals surface area contributed by atoms with Gasteiger partial charge >= 0.3 is 0 Å². The molecule has 0 aliphatic rings. The lowest BCUT2D eigenvalue weighted by molar-refractivity contribution is 0.326.